The Morgan fingerprint density at radius 1 is 1.00 bits per heavy atom. The zero-order valence-electron chi connectivity index (χ0n) is 29.3. The lowest BCUT2D eigenvalue weighted by atomic mass is 9.90. The molecule has 12 nitrogen and oxygen atoms in total. The SMILES string of the molecule is C[C@@H]1[C@H](C)N(c2ccc(Nc3cc(-c4ccnc(-n5ccn6c7c(cc6c5=O)CC(C)(C)C7)c4CO)cn(C)c3=O)nc2)CCN1C1COC1. The third kappa shape index (κ3) is 5.42. The van der Waals surface area contributed by atoms with Gasteiger partial charge in [0.25, 0.3) is 11.1 Å². The number of hydrogen-bond donors (Lipinski definition) is 2. The molecule has 2 N–H and O–H groups in total. The van der Waals surface area contributed by atoms with Gasteiger partial charge >= 0.3 is 0 Å². The Morgan fingerprint density at radius 2 is 1.82 bits per heavy atom. The molecule has 1 aliphatic carbocycles. The number of aromatic nitrogens is 5. The van der Waals surface area contributed by atoms with Crippen LogP contribution in [0, 0.1) is 5.41 Å². The molecule has 5 aromatic heterocycles. The Labute approximate surface area is 290 Å². The minimum absolute atomic E-state index is 0.169. The van der Waals surface area contributed by atoms with Crippen LogP contribution in [0.25, 0.3) is 22.5 Å². The summed E-state index contributed by atoms with van der Waals surface area (Å²) in [5.41, 5.74) is 5.94. The number of rotatable bonds is 7. The predicted molar refractivity (Wildman–Crippen MR) is 194 cm³/mol. The van der Waals surface area contributed by atoms with E-state index in [0.29, 0.717) is 57.7 Å². The second-order valence-corrected chi connectivity index (χ2v) is 14.9. The Bertz CT molecular complexity index is 2220. The van der Waals surface area contributed by atoms with Gasteiger partial charge in [-0.3, -0.25) is 19.1 Å². The lowest BCUT2D eigenvalue weighted by Gasteiger charge is -2.50. The minimum Gasteiger partial charge on any atom is -0.392 e. The van der Waals surface area contributed by atoms with Crippen molar-refractivity contribution >= 4 is 22.7 Å². The van der Waals surface area contributed by atoms with E-state index in [4.69, 9.17) is 4.74 Å². The average Bonchev–Trinajstić information content (AvgIpc) is 3.57. The molecule has 5 aromatic rings. The number of hydrogen-bond acceptors (Lipinski definition) is 9. The van der Waals surface area contributed by atoms with Crippen molar-refractivity contribution in [3.63, 3.8) is 0 Å². The Hall–Kier alpha value is -4.78. The fourth-order valence-electron chi connectivity index (χ4n) is 8.12. The van der Waals surface area contributed by atoms with Crippen LogP contribution in [0.3, 0.4) is 0 Å². The molecule has 0 bridgehead atoms. The predicted octanol–water partition coefficient (Wildman–Crippen LogP) is 3.90. The van der Waals surface area contributed by atoms with Gasteiger partial charge in [0.05, 0.1) is 37.7 Å². The first-order valence-electron chi connectivity index (χ1n) is 17.4. The fourth-order valence-corrected chi connectivity index (χ4v) is 8.12. The smallest absolute Gasteiger partial charge is 0.280 e. The average molecular weight is 677 g/mol. The number of aryl methyl sites for hydroxylation is 1. The summed E-state index contributed by atoms with van der Waals surface area (Å²) in [5.74, 6) is 0.902. The Balaban J connectivity index is 1.07. The summed E-state index contributed by atoms with van der Waals surface area (Å²) in [5, 5.41) is 13.9. The van der Waals surface area contributed by atoms with Crippen LogP contribution in [0.15, 0.2) is 70.9 Å². The fraction of sp³-hybridized carbons (Fsp3) is 0.421. The zero-order chi connectivity index (χ0) is 34.9. The molecule has 0 saturated carbocycles. The van der Waals surface area contributed by atoms with Gasteiger partial charge in [0.2, 0.25) is 0 Å². The number of nitrogens with zero attached hydrogens (tertiary/aromatic N) is 7. The molecule has 0 radical (unpaired) electrons. The van der Waals surface area contributed by atoms with Gasteiger partial charge in [-0.1, -0.05) is 13.8 Å². The molecule has 7 heterocycles. The van der Waals surface area contributed by atoms with Crippen LogP contribution in [0.2, 0.25) is 0 Å². The van der Waals surface area contributed by atoms with E-state index in [0.717, 1.165) is 44.8 Å². The first kappa shape index (κ1) is 32.4. The molecular weight excluding hydrogens is 632 g/mol. The van der Waals surface area contributed by atoms with Crippen molar-refractivity contribution < 1.29 is 9.84 Å². The van der Waals surface area contributed by atoms with Crippen molar-refractivity contribution in [2.24, 2.45) is 12.5 Å². The summed E-state index contributed by atoms with van der Waals surface area (Å²) >= 11 is 0. The van der Waals surface area contributed by atoms with Crippen LogP contribution in [0.1, 0.15) is 44.5 Å². The van der Waals surface area contributed by atoms with Gasteiger partial charge in [-0.05, 0) is 73.6 Å². The van der Waals surface area contributed by atoms with Crippen LogP contribution in [0.4, 0.5) is 17.2 Å². The highest BCUT2D eigenvalue weighted by molar-refractivity contribution is 5.73. The molecule has 2 fully saturated rings. The van der Waals surface area contributed by atoms with E-state index < -0.39 is 0 Å². The van der Waals surface area contributed by atoms with E-state index in [1.54, 1.807) is 37.8 Å². The van der Waals surface area contributed by atoms with E-state index in [-0.39, 0.29) is 23.1 Å². The van der Waals surface area contributed by atoms with Crippen molar-refractivity contribution in [2.45, 2.75) is 65.3 Å². The third-order valence-electron chi connectivity index (χ3n) is 11.0. The second-order valence-electron chi connectivity index (χ2n) is 14.9. The standard InChI is InChI=1S/C38H44N8O4/c1-23-24(2)44(28-21-50-22-28)11-10-43(23)27-6-7-34(40-18-27)41-31-14-26(19-42(5)36(31)48)29-8-9-39-35(30(29)20-47)46-13-12-45-32(37(46)49)15-25-16-38(3,4)17-33(25)45/h6-9,12-15,18-19,23-24,28,47H,10-11,16-17,20-22H2,1-5H3,(H,40,41)/t23-,24+/m0/s1. The molecule has 3 aliphatic rings. The van der Waals surface area contributed by atoms with Crippen molar-refractivity contribution in [1.29, 1.82) is 0 Å². The van der Waals surface area contributed by atoms with Crippen molar-refractivity contribution in [1.82, 2.24) is 28.4 Å². The number of aliphatic hydroxyl groups excluding tert-OH is 1. The number of fused-ring (bicyclic) bond motifs is 3. The minimum atomic E-state index is -0.351. The quantitative estimate of drug-likeness (QED) is 0.264. The highest BCUT2D eigenvalue weighted by atomic mass is 16.5. The van der Waals surface area contributed by atoms with Gasteiger partial charge in [-0.2, -0.15) is 0 Å². The first-order valence-corrected chi connectivity index (χ1v) is 17.4. The maximum absolute atomic E-state index is 13.8. The number of pyridine rings is 3. The van der Waals surface area contributed by atoms with Crippen LogP contribution in [-0.2, 0) is 31.2 Å². The second kappa shape index (κ2) is 12.2. The zero-order valence-corrected chi connectivity index (χ0v) is 29.3. The first-order chi connectivity index (χ1) is 24.0. The molecule has 2 saturated heterocycles. The number of nitrogens with one attached hydrogen (secondary N) is 1. The third-order valence-corrected chi connectivity index (χ3v) is 11.0. The number of aliphatic hydroxyl groups is 1. The van der Waals surface area contributed by atoms with Crippen molar-refractivity contribution in [2.75, 3.05) is 36.5 Å². The monoisotopic (exact) mass is 676 g/mol. The molecule has 0 aromatic carbocycles. The lowest BCUT2D eigenvalue weighted by Crippen LogP contribution is -2.64. The van der Waals surface area contributed by atoms with E-state index in [9.17, 15) is 14.7 Å². The molecule has 0 spiro atoms. The van der Waals surface area contributed by atoms with E-state index in [2.05, 4.69) is 52.8 Å². The van der Waals surface area contributed by atoms with Crippen molar-refractivity contribution in [3.8, 4) is 16.9 Å². The van der Waals surface area contributed by atoms with Crippen LogP contribution < -0.4 is 21.3 Å². The molecule has 50 heavy (non-hydrogen) atoms. The summed E-state index contributed by atoms with van der Waals surface area (Å²) < 4.78 is 10.4. The molecule has 0 unspecified atom stereocenters. The van der Waals surface area contributed by atoms with Crippen LogP contribution >= 0.6 is 0 Å². The largest absolute Gasteiger partial charge is 0.392 e. The van der Waals surface area contributed by atoms with Crippen molar-refractivity contribution in [3.05, 3.63) is 98.8 Å². The number of ether oxygens (including phenoxy) is 1. The maximum Gasteiger partial charge on any atom is 0.280 e. The molecule has 2 atom stereocenters. The molecule has 8 rings (SSSR count). The van der Waals surface area contributed by atoms with E-state index in [1.165, 1.54) is 20.4 Å². The molecule has 12 heteroatoms. The van der Waals surface area contributed by atoms with Gasteiger partial charge in [-0.15, -0.1) is 0 Å². The Kier molecular flexibility index (Phi) is 7.92. The van der Waals surface area contributed by atoms with Crippen LogP contribution in [0.5, 0.6) is 0 Å². The highest BCUT2D eigenvalue weighted by Gasteiger charge is 2.37. The summed E-state index contributed by atoms with van der Waals surface area (Å²) in [6, 6.07) is 10.7. The van der Waals surface area contributed by atoms with E-state index in [1.807, 2.05) is 35.0 Å². The van der Waals surface area contributed by atoms with Gasteiger partial charge < -0.3 is 29.0 Å². The van der Waals surface area contributed by atoms with Gasteiger partial charge in [0, 0.05) is 73.8 Å². The summed E-state index contributed by atoms with van der Waals surface area (Å²) in [6.45, 7) is 12.2. The number of anilines is 3. The summed E-state index contributed by atoms with van der Waals surface area (Å²) in [4.78, 5) is 41.3. The molecule has 260 valence electrons. The molecule has 2 aliphatic heterocycles. The lowest BCUT2D eigenvalue weighted by molar-refractivity contribution is -0.0840. The molecular formula is C38H44N8O4. The van der Waals surface area contributed by atoms with Gasteiger partial charge in [0.1, 0.15) is 22.8 Å². The summed E-state index contributed by atoms with van der Waals surface area (Å²) in [6.07, 6.45) is 10.7. The van der Waals surface area contributed by atoms with Gasteiger partial charge in [0.15, 0.2) is 0 Å². The maximum atomic E-state index is 13.8. The normalized spacial score (nSPS) is 20.6. The topological polar surface area (TPSA) is 122 Å². The highest BCUT2D eigenvalue weighted by Crippen LogP contribution is 2.37. The summed E-state index contributed by atoms with van der Waals surface area (Å²) in [7, 11) is 1.69. The number of piperazine rings is 1. The van der Waals surface area contributed by atoms with Gasteiger partial charge in [-0.25, -0.2) is 9.97 Å². The van der Waals surface area contributed by atoms with E-state index >= 15 is 0 Å². The Morgan fingerprint density at radius 3 is 2.54 bits per heavy atom. The van der Waals surface area contributed by atoms with Crippen LogP contribution in [-0.4, -0.2) is 77.9 Å². The molecule has 0 amide bonds.